The fourth-order valence-corrected chi connectivity index (χ4v) is 0.825. The summed E-state index contributed by atoms with van der Waals surface area (Å²) in [6.07, 6.45) is 0. The first-order valence-electron chi connectivity index (χ1n) is 3.39. The zero-order valence-corrected chi connectivity index (χ0v) is 6.70. The fraction of sp³-hybridized carbons (Fsp3) is 0.250. The average Bonchev–Trinajstić information content (AvgIpc) is 2.05. The van der Waals surface area contributed by atoms with Gasteiger partial charge in [0.15, 0.2) is 0 Å². The lowest BCUT2D eigenvalue weighted by atomic mass is 10.3. The molecule has 3 nitrogen and oxygen atoms in total. The highest BCUT2D eigenvalue weighted by atomic mass is 15.1. The molecule has 0 fully saturated rings. The number of hydrogen-bond acceptors (Lipinski definition) is 3. The van der Waals surface area contributed by atoms with Crippen molar-refractivity contribution in [1.29, 1.82) is 5.53 Å². The van der Waals surface area contributed by atoms with Gasteiger partial charge in [0.05, 0.1) is 5.69 Å². The van der Waals surface area contributed by atoms with Gasteiger partial charge in [0.2, 0.25) is 0 Å². The Morgan fingerprint density at radius 2 is 1.73 bits per heavy atom. The Balaban J connectivity index is 2.91. The van der Waals surface area contributed by atoms with E-state index in [1.165, 1.54) is 0 Å². The summed E-state index contributed by atoms with van der Waals surface area (Å²) in [7, 11) is 3.96. The third kappa shape index (κ3) is 1.77. The molecular weight excluding hydrogens is 138 g/mol. The molecule has 0 unspecified atom stereocenters. The van der Waals surface area contributed by atoms with E-state index >= 15 is 0 Å². The van der Waals surface area contributed by atoms with Gasteiger partial charge in [0, 0.05) is 19.8 Å². The van der Waals surface area contributed by atoms with E-state index < -0.39 is 0 Å². The van der Waals surface area contributed by atoms with Gasteiger partial charge in [-0.3, -0.25) is 0 Å². The van der Waals surface area contributed by atoms with Crippen molar-refractivity contribution >= 4 is 11.4 Å². The summed E-state index contributed by atoms with van der Waals surface area (Å²) in [5.74, 6) is 0. The van der Waals surface area contributed by atoms with Crippen LogP contribution in [0.25, 0.3) is 0 Å². The van der Waals surface area contributed by atoms with Crippen molar-refractivity contribution in [3.63, 3.8) is 0 Å². The second-order valence-electron chi connectivity index (χ2n) is 2.52. The monoisotopic (exact) mass is 149 g/mol. The van der Waals surface area contributed by atoms with Crippen molar-refractivity contribution in [2.24, 2.45) is 5.11 Å². The highest BCUT2D eigenvalue weighted by molar-refractivity contribution is 5.51. The molecule has 0 spiro atoms. The summed E-state index contributed by atoms with van der Waals surface area (Å²) in [6, 6.07) is 7.52. The molecule has 3 heteroatoms. The SMILES string of the molecule is CN(C)c1ccc(N=N)cc1. The third-order valence-corrected chi connectivity index (χ3v) is 1.50. The Bertz CT molecular complexity index is 238. The molecule has 1 rings (SSSR count). The third-order valence-electron chi connectivity index (χ3n) is 1.50. The van der Waals surface area contributed by atoms with Crippen LogP contribution in [-0.4, -0.2) is 14.1 Å². The lowest BCUT2D eigenvalue weighted by Gasteiger charge is -2.11. The largest absolute Gasteiger partial charge is 0.378 e. The van der Waals surface area contributed by atoms with E-state index in [0.717, 1.165) is 5.69 Å². The molecule has 0 heterocycles. The van der Waals surface area contributed by atoms with E-state index in [1.807, 2.05) is 43.3 Å². The van der Waals surface area contributed by atoms with Gasteiger partial charge in [-0.05, 0) is 24.3 Å². The van der Waals surface area contributed by atoms with Gasteiger partial charge in [-0.15, -0.1) is 0 Å². The van der Waals surface area contributed by atoms with Crippen LogP contribution in [0.4, 0.5) is 11.4 Å². The highest BCUT2D eigenvalue weighted by Crippen LogP contribution is 2.17. The van der Waals surface area contributed by atoms with Crippen LogP contribution in [0.3, 0.4) is 0 Å². The number of rotatable bonds is 2. The minimum absolute atomic E-state index is 0.690. The highest BCUT2D eigenvalue weighted by Gasteiger charge is 1.93. The normalized spacial score (nSPS) is 9.27. The number of nitrogens with zero attached hydrogens (tertiary/aromatic N) is 2. The number of anilines is 1. The van der Waals surface area contributed by atoms with Crippen molar-refractivity contribution in [2.45, 2.75) is 0 Å². The van der Waals surface area contributed by atoms with Crippen LogP contribution >= 0.6 is 0 Å². The van der Waals surface area contributed by atoms with Crippen molar-refractivity contribution in [3.8, 4) is 0 Å². The second kappa shape index (κ2) is 3.14. The maximum absolute atomic E-state index is 6.73. The van der Waals surface area contributed by atoms with Crippen LogP contribution in [0.2, 0.25) is 0 Å². The van der Waals surface area contributed by atoms with Crippen LogP contribution in [-0.2, 0) is 0 Å². The van der Waals surface area contributed by atoms with E-state index in [0.29, 0.717) is 5.69 Å². The summed E-state index contributed by atoms with van der Waals surface area (Å²) >= 11 is 0. The van der Waals surface area contributed by atoms with Gasteiger partial charge in [-0.25, -0.2) is 5.53 Å². The maximum atomic E-state index is 6.73. The molecule has 1 N–H and O–H groups in total. The van der Waals surface area contributed by atoms with Crippen molar-refractivity contribution in [2.75, 3.05) is 19.0 Å². The predicted molar refractivity (Wildman–Crippen MR) is 45.6 cm³/mol. The van der Waals surface area contributed by atoms with E-state index in [1.54, 1.807) is 0 Å². The molecule has 0 radical (unpaired) electrons. The summed E-state index contributed by atoms with van der Waals surface area (Å²) in [5, 5.41) is 3.30. The Morgan fingerprint density at radius 3 is 2.09 bits per heavy atom. The minimum Gasteiger partial charge on any atom is -0.378 e. The lowest BCUT2D eigenvalue weighted by Crippen LogP contribution is -2.07. The molecule has 0 aliphatic rings. The molecule has 58 valence electrons. The first-order chi connectivity index (χ1) is 5.24. The van der Waals surface area contributed by atoms with Gasteiger partial charge < -0.3 is 4.90 Å². The topological polar surface area (TPSA) is 39.5 Å². The second-order valence-corrected chi connectivity index (χ2v) is 2.52. The molecule has 0 aliphatic carbocycles. The molecule has 0 atom stereocenters. The van der Waals surface area contributed by atoms with Crippen LogP contribution in [0, 0.1) is 5.53 Å². The summed E-state index contributed by atoms with van der Waals surface area (Å²) in [4.78, 5) is 2.01. The van der Waals surface area contributed by atoms with Gasteiger partial charge in [0.1, 0.15) is 0 Å². The molecule has 0 aliphatic heterocycles. The zero-order valence-electron chi connectivity index (χ0n) is 6.70. The van der Waals surface area contributed by atoms with Crippen LogP contribution in [0.15, 0.2) is 29.4 Å². The Kier molecular flexibility index (Phi) is 2.21. The molecule has 1 aromatic rings. The summed E-state index contributed by atoms with van der Waals surface area (Å²) < 4.78 is 0. The molecule has 0 saturated carbocycles. The average molecular weight is 149 g/mol. The maximum Gasteiger partial charge on any atom is 0.0851 e. The van der Waals surface area contributed by atoms with Gasteiger partial charge in [-0.1, -0.05) is 0 Å². The number of nitrogens with one attached hydrogen (secondary N) is 1. The first kappa shape index (κ1) is 7.72. The van der Waals surface area contributed by atoms with Gasteiger partial charge >= 0.3 is 0 Å². The smallest absolute Gasteiger partial charge is 0.0851 e. The standard InChI is InChI=1S/C8H11N3/c1-11(2)8-5-3-7(10-9)4-6-8/h3-6,9H,1-2H3. The molecular formula is C8H11N3. The summed E-state index contributed by atoms with van der Waals surface area (Å²) in [6.45, 7) is 0. The molecule has 0 aromatic heterocycles. The van der Waals surface area contributed by atoms with Crippen molar-refractivity contribution in [1.82, 2.24) is 0 Å². The van der Waals surface area contributed by atoms with Crippen molar-refractivity contribution < 1.29 is 0 Å². The summed E-state index contributed by atoms with van der Waals surface area (Å²) in [5.41, 5.74) is 8.55. The zero-order chi connectivity index (χ0) is 8.27. The molecule has 1 aromatic carbocycles. The molecule has 0 amide bonds. The predicted octanol–water partition coefficient (Wildman–Crippen LogP) is 2.42. The molecule has 0 saturated heterocycles. The van der Waals surface area contributed by atoms with E-state index in [-0.39, 0.29) is 0 Å². The Labute approximate surface area is 66.2 Å². The van der Waals surface area contributed by atoms with Crippen LogP contribution < -0.4 is 4.90 Å². The molecule has 11 heavy (non-hydrogen) atoms. The number of hydrogen-bond donors (Lipinski definition) is 1. The Morgan fingerprint density at radius 1 is 1.18 bits per heavy atom. The van der Waals surface area contributed by atoms with Crippen LogP contribution in [0.1, 0.15) is 0 Å². The Hall–Kier alpha value is -1.38. The minimum atomic E-state index is 0.690. The van der Waals surface area contributed by atoms with E-state index in [4.69, 9.17) is 5.53 Å². The molecule has 0 bridgehead atoms. The van der Waals surface area contributed by atoms with E-state index in [9.17, 15) is 0 Å². The van der Waals surface area contributed by atoms with Gasteiger partial charge in [0.25, 0.3) is 0 Å². The van der Waals surface area contributed by atoms with Crippen molar-refractivity contribution in [3.05, 3.63) is 24.3 Å². The lowest BCUT2D eigenvalue weighted by molar-refractivity contribution is 1.12. The fourth-order valence-electron chi connectivity index (χ4n) is 0.825. The first-order valence-corrected chi connectivity index (χ1v) is 3.39. The number of benzene rings is 1. The quantitative estimate of drug-likeness (QED) is 0.644. The van der Waals surface area contributed by atoms with E-state index in [2.05, 4.69) is 5.11 Å². The van der Waals surface area contributed by atoms with Gasteiger partial charge in [-0.2, -0.15) is 5.11 Å². The van der Waals surface area contributed by atoms with Crippen LogP contribution in [0.5, 0.6) is 0 Å².